The Morgan fingerprint density at radius 1 is 0.614 bits per heavy atom. The number of carbonyl (C=O) groups excluding carboxylic acids is 1. The van der Waals surface area contributed by atoms with E-state index in [2.05, 4.69) is 44.7 Å². The van der Waals surface area contributed by atoms with Crippen LogP contribution in [0.5, 0.6) is 0 Å². The van der Waals surface area contributed by atoms with Gasteiger partial charge >= 0.3 is 6.03 Å². The molecular weight excluding hydrogens is 548 g/mol. The van der Waals surface area contributed by atoms with Crippen LogP contribution in [0.15, 0.2) is 109 Å². The van der Waals surface area contributed by atoms with E-state index in [0.717, 1.165) is 45.8 Å². The fraction of sp³-hybridized carbons (Fsp3) is 0.250. The third-order valence-electron chi connectivity index (χ3n) is 8.94. The predicted octanol–water partition coefficient (Wildman–Crippen LogP) is 6.24. The van der Waals surface area contributed by atoms with E-state index in [0.29, 0.717) is 25.9 Å². The first kappa shape index (κ1) is 27.9. The van der Waals surface area contributed by atoms with Crippen molar-refractivity contribution < 1.29 is 9.90 Å². The van der Waals surface area contributed by atoms with E-state index in [1.807, 2.05) is 82.6 Å². The SMILES string of the molecule is O=C1N(Cc2ccc3cn[nH]c3c2)[C@H](CCc2ccccc2)C(O)[C@@H](CCc2ccccc2)N1Cc1ccc2cn[nH]c2c1. The van der Waals surface area contributed by atoms with Gasteiger partial charge in [0.15, 0.2) is 0 Å². The number of hydrogen-bond donors (Lipinski definition) is 3. The summed E-state index contributed by atoms with van der Waals surface area (Å²) in [7, 11) is 0. The van der Waals surface area contributed by atoms with Crippen molar-refractivity contribution >= 4 is 27.8 Å². The number of aliphatic hydroxyl groups excluding tert-OH is 1. The number of carbonyl (C=O) groups is 1. The van der Waals surface area contributed by atoms with Crippen LogP contribution in [0.2, 0.25) is 0 Å². The lowest BCUT2D eigenvalue weighted by Gasteiger charge is -2.49. The van der Waals surface area contributed by atoms with E-state index >= 15 is 0 Å². The summed E-state index contributed by atoms with van der Waals surface area (Å²) in [5.74, 6) is 0. The number of fused-ring (bicyclic) bond motifs is 2. The van der Waals surface area contributed by atoms with E-state index in [1.165, 1.54) is 11.1 Å². The number of aryl methyl sites for hydroxylation is 2. The van der Waals surface area contributed by atoms with Gasteiger partial charge in [0.1, 0.15) is 0 Å². The lowest BCUT2D eigenvalue weighted by molar-refractivity contribution is -0.0478. The minimum Gasteiger partial charge on any atom is -0.389 e. The molecule has 1 aliphatic rings. The highest BCUT2D eigenvalue weighted by molar-refractivity contribution is 5.80. The van der Waals surface area contributed by atoms with Crippen LogP contribution in [0.25, 0.3) is 21.8 Å². The monoisotopic (exact) mass is 584 g/mol. The number of amides is 2. The van der Waals surface area contributed by atoms with E-state index in [4.69, 9.17) is 0 Å². The van der Waals surface area contributed by atoms with Crippen LogP contribution >= 0.6 is 0 Å². The molecule has 0 saturated carbocycles. The maximum Gasteiger partial charge on any atom is 0.321 e. The summed E-state index contributed by atoms with van der Waals surface area (Å²) in [5, 5.41) is 28.7. The fourth-order valence-electron chi connectivity index (χ4n) is 6.57. The Kier molecular flexibility index (Phi) is 7.81. The first-order valence-electron chi connectivity index (χ1n) is 15.3. The molecule has 7 rings (SSSR count). The molecule has 44 heavy (non-hydrogen) atoms. The van der Waals surface area contributed by atoms with E-state index in [9.17, 15) is 9.90 Å². The Morgan fingerprint density at radius 2 is 1.07 bits per heavy atom. The first-order valence-corrected chi connectivity index (χ1v) is 15.3. The zero-order valence-electron chi connectivity index (χ0n) is 24.5. The Balaban J connectivity index is 1.23. The zero-order chi connectivity index (χ0) is 29.9. The van der Waals surface area contributed by atoms with Crippen molar-refractivity contribution in [2.24, 2.45) is 0 Å². The highest BCUT2D eigenvalue weighted by Crippen LogP contribution is 2.32. The molecule has 2 atom stereocenters. The molecule has 3 N–H and O–H groups in total. The van der Waals surface area contributed by atoms with Gasteiger partial charge in [0.2, 0.25) is 0 Å². The van der Waals surface area contributed by atoms with Gasteiger partial charge in [-0.2, -0.15) is 10.2 Å². The third-order valence-corrected chi connectivity index (χ3v) is 8.94. The quantitative estimate of drug-likeness (QED) is 0.177. The number of nitrogens with one attached hydrogen (secondary N) is 2. The summed E-state index contributed by atoms with van der Waals surface area (Å²) in [4.78, 5) is 18.4. The number of urea groups is 1. The van der Waals surface area contributed by atoms with E-state index in [1.54, 1.807) is 12.4 Å². The van der Waals surface area contributed by atoms with Crippen molar-refractivity contribution in [3.05, 3.63) is 132 Å². The Morgan fingerprint density at radius 3 is 1.52 bits per heavy atom. The van der Waals surface area contributed by atoms with Crippen molar-refractivity contribution in [1.82, 2.24) is 30.2 Å². The topological polar surface area (TPSA) is 101 Å². The van der Waals surface area contributed by atoms with Crippen LogP contribution in [0.3, 0.4) is 0 Å². The first-order chi connectivity index (χ1) is 21.6. The normalized spacial score (nSPS) is 17.6. The van der Waals surface area contributed by atoms with Gasteiger partial charge < -0.3 is 14.9 Å². The molecule has 1 saturated heterocycles. The largest absolute Gasteiger partial charge is 0.389 e. The summed E-state index contributed by atoms with van der Waals surface area (Å²) in [6, 6.07) is 32.1. The number of aromatic nitrogens is 4. The zero-order valence-corrected chi connectivity index (χ0v) is 24.5. The number of nitrogens with zero attached hydrogens (tertiary/aromatic N) is 4. The number of aromatic amines is 2. The second kappa shape index (κ2) is 12.3. The molecule has 1 fully saturated rings. The predicted molar refractivity (Wildman–Crippen MR) is 172 cm³/mol. The lowest BCUT2D eigenvalue weighted by atomic mass is 9.88. The number of hydrogen-bond acceptors (Lipinski definition) is 4. The third kappa shape index (κ3) is 5.81. The Labute approximate surface area is 256 Å². The van der Waals surface area contributed by atoms with Crippen LogP contribution in [-0.4, -0.2) is 59.5 Å². The molecule has 4 aromatic carbocycles. The fourth-order valence-corrected chi connectivity index (χ4v) is 6.57. The molecule has 0 aliphatic carbocycles. The van der Waals surface area contributed by atoms with Gasteiger partial charge in [0, 0.05) is 23.9 Å². The summed E-state index contributed by atoms with van der Waals surface area (Å²) in [6.45, 7) is 0.789. The molecule has 8 heteroatoms. The second-order valence-electron chi connectivity index (χ2n) is 11.8. The van der Waals surface area contributed by atoms with Crippen LogP contribution in [0, 0.1) is 0 Å². The van der Waals surface area contributed by atoms with Crippen molar-refractivity contribution in [3.63, 3.8) is 0 Å². The molecule has 0 unspecified atom stereocenters. The van der Waals surface area contributed by atoms with E-state index in [-0.39, 0.29) is 18.1 Å². The van der Waals surface area contributed by atoms with Gasteiger partial charge in [-0.15, -0.1) is 0 Å². The lowest BCUT2D eigenvalue weighted by Crippen LogP contribution is -2.65. The molecule has 1 aliphatic heterocycles. The molecule has 6 aromatic rings. The van der Waals surface area contributed by atoms with Gasteiger partial charge in [-0.25, -0.2) is 4.79 Å². The number of aliphatic hydroxyl groups is 1. The summed E-state index contributed by atoms with van der Waals surface area (Å²) >= 11 is 0. The van der Waals surface area contributed by atoms with Crippen LogP contribution in [0.1, 0.15) is 35.1 Å². The van der Waals surface area contributed by atoms with Crippen LogP contribution in [0.4, 0.5) is 4.79 Å². The van der Waals surface area contributed by atoms with Crippen molar-refractivity contribution in [2.45, 2.75) is 57.0 Å². The number of benzene rings is 4. The van der Waals surface area contributed by atoms with Crippen molar-refractivity contribution in [2.75, 3.05) is 0 Å². The van der Waals surface area contributed by atoms with Gasteiger partial charge in [0.25, 0.3) is 0 Å². The molecule has 222 valence electrons. The molecule has 0 radical (unpaired) electrons. The smallest absolute Gasteiger partial charge is 0.321 e. The van der Waals surface area contributed by atoms with Gasteiger partial charge in [-0.1, -0.05) is 84.9 Å². The maximum absolute atomic E-state index is 14.7. The minimum absolute atomic E-state index is 0.0548. The number of H-pyrrole nitrogens is 2. The minimum atomic E-state index is -0.730. The Hall–Kier alpha value is -4.95. The van der Waals surface area contributed by atoms with Gasteiger partial charge in [-0.3, -0.25) is 10.2 Å². The molecule has 8 nitrogen and oxygen atoms in total. The summed E-state index contributed by atoms with van der Waals surface area (Å²) < 4.78 is 0. The standard InChI is InChI=1S/C36H36N6O2/c43-35-33(17-13-25-7-3-1-4-8-25)41(23-27-11-15-29-21-37-39-31(29)19-27)36(44)42(34(35)18-14-26-9-5-2-6-10-26)24-28-12-16-30-22-38-40-32(30)20-28/h1-12,15-16,19-22,33-35,43H,13-14,17-18,23-24H2,(H,37,39)(H,38,40)/t33-,34-/m1/s1. The molecule has 0 spiro atoms. The molecule has 0 bridgehead atoms. The summed E-state index contributed by atoms with van der Waals surface area (Å²) in [6.07, 6.45) is 5.74. The van der Waals surface area contributed by atoms with Crippen molar-refractivity contribution in [1.29, 1.82) is 0 Å². The molecule has 2 amide bonds. The average Bonchev–Trinajstić information content (AvgIpc) is 3.73. The molecule has 2 aromatic heterocycles. The molecular formula is C36H36N6O2. The highest BCUT2D eigenvalue weighted by atomic mass is 16.3. The number of rotatable bonds is 10. The van der Waals surface area contributed by atoms with Crippen LogP contribution in [-0.2, 0) is 25.9 Å². The summed E-state index contributed by atoms with van der Waals surface area (Å²) in [5.41, 5.74) is 6.24. The maximum atomic E-state index is 14.7. The van der Waals surface area contributed by atoms with Crippen molar-refractivity contribution in [3.8, 4) is 0 Å². The van der Waals surface area contributed by atoms with Crippen LogP contribution < -0.4 is 0 Å². The second-order valence-corrected chi connectivity index (χ2v) is 11.8. The highest BCUT2D eigenvalue weighted by Gasteiger charge is 2.45. The molecule has 3 heterocycles. The Bertz CT molecular complexity index is 1720. The van der Waals surface area contributed by atoms with E-state index < -0.39 is 6.10 Å². The van der Waals surface area contributed by atoms with Gasteiger partial charge in [0.05, 0.1) is 41.6 Å². The average molecular weight is 585 g/mol. The van der Waals surface area contributed by atoms with Gasteiger partial charge in [-0.05, 0) is 60.1 Å².